The fraction of sp³-hybridized carbons (Fsp3) is 0.750. The third-order valence-corrected chi connectivity index (χ3v) is 3.42. The lowest BCUT2D eigenvalue weighted by atomic mass is 10.2. The maximum Gasteiger partial charge on any atom is 0.303 e. The van der Waals surface area contributed by atoms with Crippen LogP contribution in [0.3, 0.4) is 0 Å². The van der Waals surface area contributed by atoms with Crippen LogP contribution in [0, 0.1) is 6.92 Å². The van der Waals surface area contributed by atoms with Crippen molar-refractivity contribution in [1.29, 1.82) is 0 Å². The average molecular weight is 237 g/mol. The van der Waals surface area contributed by atoms with Gasteiger partial charge in [-0.15, -0.1) is 10.2 Å². The summed E-state index contributed by atoms with van der Waals surface area (Å²) in [6, 6.07) is 0.532. The normalized spacial score (nSPS) is 16.5. The summed E-state index contributed by atoms with van der Waals surface area (Å²) in [5.41, 5.74) is 0. The van der Waals surface area contributed by atoms with Crippen LogP contribution >= 0.6 is 0 Å². The van der Waals surface area contributed by atoms with E-state index < -0.39 is 5.97 Å². The summed E-state index contributed by atoms with van der Waals surface area (Å²) in [5.74, 6) is 1.17. The molecule has 1 heterocycles. The van der Waals surface area contributed by atoms with Crippen LogP contribution in [0.1, 0.15) is 56.2 Å². The maximum atomic E-state index is 10.5. The molecule has 1 aliphatic rings. The van der Waals surface area contributed by atoms with Crippen LogP contribution in [-0.4, -0.2) is 25.8 Å². The van der Waals surface area contributed by atoms with E-state index in [4.69, 9.17) is 5.11 Å². The summed E-state index contributed by atoms with van der Waals surface area (Å²) < 4.78 is 2.22. The van der Waals surface area contributed by atoms with E-state index in [0.717, 1.165) is 11.6 Å². The monoisotopic (exact) mass is 237 g/mol. The molecule has 0 atom stereocenters. The standard InChI is InChI=1S/C12H19N3O2/c1-9-13-14-11(7-4-8-12(16)17)15(9)10-5-2-3-6-10/h10H,2-8H2,1H3,(H,16,17). The molecule has 0 bridgehead atoms. The smallest absolute Gasteiger partial charge is 0.303 e. The lowest BCUT2D eigenvalue weighted by molar-refractivity contribution is -0.137. The molecule has 1 aromatic rings. The molecule has 1 N–H and O–H groups in total. The van der Waals surface area contributed by atoms with Gasteiger partial charge in [0.05, 0.1) is 0 Å². The van der Waals surface area contributed by atoms with Gasteiger partial charge in [0.25, 0.3) is 0 Å². The van der Waals surface area contributed by atoms with Crippen LogP contribution in [0.5, 0.6) is 0 Å². The molecular formula is C12H19N3O2. The summed E-state index contributed by atoms with van der Waals surface area (Å²) in [7, 11) is 0. The molecule has 5 nitrogen and oxygen atoms in total. The Balaban J connectivity index is 2.03. The van der Waals surface area contributed by atoms with E-state index in [1.165, 1.54) is 25.7 Å². The summed E-state index contributed by atoms with van der Waals surface area (Å²) in [4.78, 5) is 10.5. The van der Waals surface area contributed by atoms with Gasteiger partial charge in [0, 0.05) is 18.9 Å². The highest BCUT2D eigenvalue weighted by atomic mass is 16.4. The van der Waals surface area contributed by atoms with E-state index in [-0.39, 0.29) is 6.42 Å². The van der Waals surface area contributed by atoms with Crippen molar-refractivity contribution in [2.45, 2.75) is 57.9 Å². The molecule has 1 fully saturated rings. The van der Waals surface area contributed by atoms with Gasteiger partial charge in [-0.1, -0.05) is 12.8 Å². The Morgan fingerprint density at radius 1 is 1.41 bits per heavy atom. The number of aryl methyl sites for hydroxylation is 2. The van der Waals surface area contributed by atoms with Gasteiger partial charge in [0.2, 0.25) is 0 Å². The Bertz CT molecular complexity index is 394. The number of carboxylic acid groups (broad SMARTS) is 1. The molecule has 0 spiro atoms. The summed E-state index contributed by atoms with van der Waals surface area (Å²) in [6.07, 6.45) is 6.50. The third kappa shape index (κ3) is 2.84. The van der Waals surface area contributed by atoms with E-state index >= 15 is 0 Å². The highest BCUT2D eigenvalue weighted by molar-refractivity contribution is 5.66. The third-order valence-electron chi connectivity index (χ3n) is 3.42. The Morgan fingerprint density at radius 2 is 2.12 bits per heavy atom. The average Bonchev–Trinajstić information content (AvgIpc) is 2.87. The molecule has 0 aliphatic heterocycles. The van der Waals surface area contributed by atoms with Crippen LogP contribution < -0.4 is 0 Å². The van der Waals surface area contributed by atoms with E-state index in [9.17, 15) is 4.79 Å². The zero-order valence-corrected chi connectivity index (χ0v) is 10.2. The van der Waals surface area contributed by atoms with Gasteiger partial charge in [-0.2, -0.15) is 0 Å². The van der Waals surface area contributed by atoms with Gasteiger partial charge in [-0.05, 0) is 26.2 Å². The van der Waals surface area contributed by atoms with Crippen molar-refractivity contribution in [1.82, 2.24) is 14.8 Å². The minimum Gasteiger partial charge on any atom is -0.481 e. The number of hydrogen-bond acceptors (Lipinski definition) is 3. The quantitative estimate of drug-likeness (QED) is 0.851. The van der Waals surface area contributed by atoms with Crippen LogP contribution in [0.15, 0.2) is 0 Å². The number of aromatic nitrogens is 3. The SMILES string of the molecule is Cc1nnc(CCCC(=O)O)n1C1CCCC1. The van der Waals surface area contributed by atoms with Crippen molar-refractivity contribution in [3.63, 3.8) is 0 Å². The molecule has 0 unspecified atom stereocenters. The summed E-state index contributed by atoms with van der Waals surface area (Å²) in [5, 5.41) is 16.9. The van der Waals surface area contributed by atoms with Crippen LogP contribution in [0.2, 0.25) is 0 Å². The van der Waals surface area contributed by atoms with Crippen LogP contribution in [0.4, 0.5) is 0 Å². The second-order valence-corrected chi connectivity index (χ2v) is 4.72. The fourth-order valence-electron chi connectivity index (χ4n) is 2.62. The van der Waals surface area contributed by atoms with Gasteiger partial charge in [-0.25, -0.2) is 0 Å². The van der Waals surface area contributed by atoms with Gasteiger partial charge in [0.1, 0.15) is 11.6 Å². The van der Waals surface area contributed by atoms with Crippen LogP contribution in [0.25, 0.3) is 0 Å². The molecule has 2 rings (SSSR count). The molecule has 1 aliphatic carbocycles. The van der Waals surface area contributed by atoms with E-state index in [1.54, 1.807) is 0 Å². The molecule has 1 aromatic heterocycles. The number of aliphatic carboxylic acids is 1. The lowest BCUT2D eigenvalue weighted by Crippen LogP contribution is -2.11. The van der Waals surface area contributed by atoms with Crippen molar-refractivity contribution in [3.8, 4) is 0 Å². The van der Waals surface area contributed by atoms with Crippen molar-refractivity contribution in [2.24, 2.45) is 0 Å². The Hall–Kier alpha value is -1.39. The lowest BCUT2D eigenvalue weighted by Gasteiger charge is -2.15. The van der Waals surface area contributed by atoms with Crippen molar-refractivity contribution >= 4 is 5.97 Å². The first-order chi connectivity index (χ1) is 8.18. The highest BCUT2D eigenvalue weighted by Crippen LogP contribution is 2.31. The number of rotatable bonds is 5. The second kappa shape index (κ2) is 5.29. The maximum absolute atomic E-state index is 10.5. The van der Waals surface area contributed by atoms with Gasteiger partial charge in [0.15, 0.2) is 0 Å². The van der Waals surface area contributed by atoms with Crippen LogP contribution in [-0.2, 0) is 11.2 Å². The molecule has 5 heteroatoms. The van der Waals surface area contributed by atoms with Gasteiger partial charge < -0.3 is 9.67 Å². The topological polar surface area (TPSA) is 68.0 Å². The largest absolute Gasteiger partial charge is 0.481 e. The minimum atomic E-state index is -0.742. The zero-order chi connectivity index (χ0) is 12.3. The van der Waals surface area contributed by atoms with Gasteiger partial charge in [-0.3, -0.25) is 4.79 Å². The second-order valence-electron chi connectivity index (χ2n) is 4.72. The highest BCUT2D eigenvalue weighted by Gasteiger charge is 2.21. The first kappa shape index (κ1) is 12.1. The Morgan fingerprint density at radius 3 is 2.76 bits per heavy atom. The Kier molecular flexibility index (Phi) is 3.76. The Labute approximate surface area is 101 Å². The summed E-state index contributed by atoms with van der Waals surface area (Å²) >= 11 is 0. The summed E-state index contributed by atoms with van der Waals surface area (Å²) in [6.45, 7) is 1.98. The molecule has 94 valence electrons. The zero-order valence-electron chi connectivity index (χ0n) is 10.2. The predicted octanol–water partition coefficient (Wildman–Crippen LogP) is 2.11. The van der Waals surface area contributed by atoms with Crippen molar-refractivity contribution in [3.05, 3.63) is 11.6 Å². The molecule has 17 heavy (non-hydrogen) atoms. The van der Waals surface area contributed by atoms with Crippen molar-refractivity contribution < 1.29 is 9.90 Å². The number of nitrogens with zero attached hydrogens (tertiary/aromatic N) is 3. The molecular weight excluding hydrogens is 218 g/mol. The molecule has 1 saturated carbocycles. The number of carbonyl (C=O) groups is 1. The fourth-order valence-corrected chi connectivity index (χ4v) is 2.62. The minimum absolute atomic E-state index is 0.205. The van der Waals surface area contributed by atoms with E-state index in [1.807, 2.05) is 6.92 Å². The number of carboxylic acids is 1. The first-order valence-electron chi connectivity index (χ1n) is 6.30. The predicted molar refractivity (Wildman–Crippen MR) is 62.8 cm³/mol. The van der Waals surface area contributed by atoms with E-state index in [0.29, 0.717) is 18.9 Å². The van der Waals surface area contributed by atoms with E-state index in [2.05, 4.69) is 14.8 Å². The molecule has 0 amide bonds. The first-order valence-corrected chi connectivity index (χ1v) is 6.30. The molecule has 0 radical (unpaired) electrons. The number of hydrogen-bond donors (Lipinski definition) is 1. The van der Waals surface area contributed by atoms with Gasteiger partial charge >= 0.3 is 5.97 Å². The van der Waals surface area contributed by atoms with Crippen molar-refractivity contribution in [2.75, 3.05) is 0 Å². The molecule has 0 saturated heterocycles. The molecule has 0 aromatic carbocycles.